The van der Waals surface area contributed by atoms with Crippen LogP contribution in [0.5, 0.6) is 0 Å². The SMILES string of the molecule is O=C1N=C(N2CCC[C@H]2C(=O)Nc2ccc3ncnc(Nc4cccc(Cl)c4)c3c2)S/C1=C/c1ccc(-c2ccccc2)cc1. The van der Waals surface area contributed by atoms with Crippen LogP contribution in [-0.2, 0) is 9.59 Å². The first-order valence-electron chi connectivity index (χ1n) is 14.5. The van der Waals surface area contributed by atoms with Crippen molar-refractivity contribution >= 4 is 74.5 Å². The number of aliphatic imine (C=N–C) groups is 1. The van der Waals surface area contributed by atoms with Crippen LogP contribution in [-0.4, -0.2) is 44.4 Å². The van der Waals surface area contributed by atoms with E-state index in [2.05, 4.69) is 37.7 Å². The molecule has 3 heterocycles. The quantitative estimate of drug-likeness (QED) is 0.185. The largest absolute Gasteiger partial charge is 0.340 e. The first-order chi connectivity index (χ1) is 22.0. The maximum Gasteiger partial charge on any atom is 0.286 e. The minimum Gasteiger partial charge on any atom is -0.340 e. The molecule has 8 nitrogen and oxygen atoms in total. The third-order valence-electron chi connectivity index (χ3n) is 7.72. The van der Waals surface area contributed by atoms with E-state index >= 15 is 0 Å². The van der Waals surface area contributed by atoms with Gasteiger partial charge in [-0.05, 0) is 83.8 Å². The van der Waals surface area contributed by atoms with Gasteiger partial charge in [-0.2, -0.15) is 4.99 Å². The van der Waals surface area contributed by atoms with E-state index in [1.54, 1.807) is 6.07 Å². The zero-order valence-electron chi connectivity index (χ0n) is 24.0. The molecule has 7 rings (SSSR count). The van der Waals surface area contributed by atoms with E-state index < -0.39 is 6.04 Å². The first-order valence-corrected chi connectivity index (χ1v) is 15.7. The minimum absolute atomic E-state index is 0.155. The summed E-state index contributed by atoms with van der Waals surface area (Å²) in [6.07, 6.45) is 4.84. The van der Waals surface area contributed by atoms with Crippen LogP contribution in [0.4, 0.5) is 17.2 Å². The van der Waals surface area contributed by atoms with Crippen molar-refractivity contribution in [3.05, 3.63) is 119 Å². The van der Waals surface area contributed by atoms with Gasteiger partial charge in [0, 0.05) is 28.3 Å². The Hall–Kier alpha value is -4.99. The van der Waals surface area contributed by atoms with Crippen LogP contribution in [0.15, 0.2) is 113 Å². The van der Waals surface area contributed by atoms with E-state index in [9.17, 15) is 9.59 Å². The third kappa shape index (κ3) is 6.31. The van der Waals surface area contributed by atoms with Gasteiger partial charge in [0.05, 0.1) is 10.4 Å². The molecule has 0 unspecified atom stereocenters. The molecular formula is C35H27ClN6O2S. The van der Waals surface area contributed by atoms with Gasteiger partial charge < -0.3 is 15.5 Å². The van der Waals surface area contributed by atoms with Crippen LogP contribution < -0.4 is 10.6 Å². The molecule has 1 saturated heterocycles. The number of benzene rings is 4. The van der Waals surface area contributed by atoms with Crippen molar-refractivity contribution in [3.63, 3.8) is 0 Å². The van der Waals surface area contributed by atoms with E-state index in [-0.39, 0.29) is 11.8 Å². The molecule has 1 aromatic heterocycles. The highest BCUT2D eigenvalue weighted by Crippen LogP contribution is 2.35. The minimum atomic E-state index is -0.444. The Kier molecular flexibility index (Phi) is 8.02. The average molecular weight is 631 g/mol. The van der Waals surface area contributed by atoms with Gasteiger partial charge in [-0.1, -0.05) is 72.3 Å². The van der Waals surface area contributed by atoms with Gasteiger partial charge in [-0.15, -0.1) is 0 Å². The summed E-state index contributed by atoms with van der Waals surface area (Å²) in [5.74, 6) is 0.158. The second-order valence-electron chi connectivity index (χ2n) is 10.7. The fraction of sp³-hybridized carbons (Fsp3) is 0.114. The summed E-state index contributed by atoms with van der Waals surface area (Å²) < 4.78 is 0. The lowest BCUT2D eigenvalue weighted by molar-refractivity contribution is -0.119. The second kappa shape index (κ2) is 12.6. The number of amidine groups is 1. The summed E-state index contributed by atoms with van der Waals surface area (Å²) in [4.78, 5) is 42.0. The molecule has 0 bridgehead atoms. The van der Waals surface area contributed by atoms with Crippen molar-refractivity contribution in [1.29, 1.82) is 0 Å². The number of amides is 2. The highest BCUT2D eigenvalue weighted by Gasteiger charge is 2.37. The topological polar surface area (TPSA) is 99.6 Å². The normalized spacial score (nSPS) is 17.1. The van der Waals surface area contributed by atoms with Gasteiger partial charge in [0.25, 0.3) is 5.91 Å². The van der Waals surface area contributed by atoms with Crippen molar-refractivity contribution < 1.29 is 9.59 Å². The van der Waals surface area contributed by atoms with Crippen molar-refractivity contribution in [2.45, 2.75) is 18.9 Å². The number of fused-ring (bicyclic) bond motifs is 1. The molecule has 2 amide bonds. The molecule has 4 aromatic carbocycles. The van der Waals surface area contributed by atoms with Gasteiger partial charge in [-0.3, -0.25) is 9.59 Å². The molecule has 45 heavy (non-hydrogen) atoms. The van der Waals surface area contributed by atoms with Crippen molar-refractivity contribution in [2.75, 3.05) is 17.2 Å². The molecule has 0 aliphatic carbocycles. The summed E-state index contributed by atoms with van der Waals surface area (Å²) in [5, 5.41) is 8.28. The lowest BCUT2D eigenvalue weighted by Crippen LogP contribution is -2.41. The molecule has 222 valence electrons. The molecule has 5 aromatic rings. The van der Waals surface area contributed by atoms with Gasteiger partial charge in [0.1, 0.15) is 18.2 Å². The average Bonchev–Trinajstić information content (AvgIpc) is 3.69. The number of carbonyl (C=O) groups excluding carboxylic acids is 2. The maximum absolute atomic E-state index is 13.6. The number of thioether (sulfide) groups is 1. The Morgan fingerprint density at radius 3 is 2.56 bits per heavy atom. The number of carbonyl (C=O) groups is 2. The van der Waals surface area contributed by atoms with Gasteiger partial charge >= 0.3 is 0 Å². The first kappa shape index (κ1) is 28.8. The number of nitrogens with one attached hydrogen (secondary N) is 2. The number of hydrogen-bond donors (Lipinski definition) is 2. The smallest absolute Gasteiger partial charge is 0.286 e. The number of anilines is 3. The van der Waals surface area contributed by atoms with E-state index in [1.165, 1.54) is 18.1 Å². The molecule has 1 atom stereocenters. The van der Waals surface area contributed by atoms with Crippen LogP contribution >= 0.6 is 23.4 Å². The van der Waals surface area contributed by atoms with Gasteiger partial charge in [0.2, 0.25) is 5.91 Å². The number of halogens is 1. The van der Waals surface area contributed by atoms with E-state index in [1.807, 2.05) is 89.8 Å². The molecule has 0 saturated carbocycles. The van der Waals surface area contributed by atoms with Gasteiger partial charge in [0.15, 0.2) is 5.17 Å². The van der Waals surface area contributed by atoms with Crippen LogP contribution in [0, 0.1) is 0 Å². The number of hydrogen-bond acceptors (Lipinski definition) is 7. The second-order valence-corrected chi connectivity index (χ2v) is 12.2. The van der Waals surface area contributed by atoms with Crippen LogP contribution in [0.2, 0.25) is 5.02 Å². The molecule has 0 spiro atoms. The predicted octanol–water partition coefficient (Wildman–Crippen LogP) is 7.77. The fourth-order valence-corrected chi connectivity index (χ4v) is 6.68. The number of likely N-dealkylation sites (tertiary alicyclic amines) is 1. The zero-order chi connectivity index (χ0) is 30.8. The Morgan fingerprint density at radius 1 is 0.911 bits per heavy atom. The summed E-state index contributed by atoms with van der Waals surface area (Å²) in [7, 11) is 0. The number of rotatable bonds is 6. The van der Waals surface area contributed by atoms with Crippen LogP contribution in [0.1, 0.15) is 18.4 Å². The summed E-state index contributed by atoms with van der Waals surface area (Å²) >= 11 is 7.47. The van der Waals surface area contributed by atoms with Crippen molar-refractivity contribution in [2.24, 2.45) is 4.99 Å². The molecule has 1 fully saturated rings. The Labute approximate surface area is 269 Å². The van der Waals surface area contributed by atoms with Crippen LogP contribution in [0.3, 0.4) is 0 Å². The lowest BCUT2D eigenvalue weighted by Gasteiger charge is -2.24. The highest BCUT2D eigenvalue weighted by atomic mass is 35.5. The third-order valence-corrected chi connectivity index (χ3v) is 8.97. The Bertz CT molecular complexity index is 1980. The molecule has 2 aliphatic rings. The highest BCUT2D eigenvalue weighted by molar-refractivity contribution is 8.18. The zero-order valence-corrected chi connectivity index (χ0v) is 25.6. The molecule has 2 N–H and O–H groups in total. The number of nitrogens with zero attached hydrogens (tertiary/aromatic N) is 4. The number of aromatic nitrogens is 2. The predicted molar refractivity (Wildman–Crippen MR) is 183 cm³/mol. The van der Waals surface area contributed by atoms with Crippen molar-refractivity contribution in [3.8, 4) is 11.1 Å². The summed E-state index contributed by atoms with van der Waals surface area (Å²) in [6, 6.07) is 30.7. The molecular weight excluding hydrogens is 604 g/mol. The molecule has 2 aliphatic heterocycles. The van der Waals surface area contributed by atoms with Gasteiger partial charge in [-0.25, -0.2) is 9.97 Å². The summed E-state index contributed by atoms with van der Waals surface area (Å²) in [6.45, 7) is 0.648. The Balaban J connectivity index is 1.05. The lowest BCUT2D eigenvalue weighted by atomic mass is 10.0. The molecule has 0 radical (unpaired) electrons. The Morgan fingerprint density at radius 2 is 1.73 bits per heavy atom. The standard InChI is InChI=1S/C35H27ClN6O2S/c36-25-8-4-9-26(19-25)39-32-28-20-27(15-16-29(28)37-21-38-32)40-33(43)30-10-5-17-42(30)35-41-34(44)31(45-35)18-22-11-13-24(14-12-22)23-6-2-1-3-7-23/h1-4,6-9,11-16,18-21,30H,5,10,17H2,(H,40,43)(H,37,38,39)/b31-18+/t30-/m0/s1. The van der Waals surface area contributed by atoms with E-state index in [4.69, 9.17) is 11.6 Å². The van der Waals surface area contributed by atoms with Crippen LogP contribution in [0.25, 0.3) is 28.1 Å². The fourth-order valence-electron chi connectivity index (χ4n) is 5.51. The monoisotopic (exact) mass is 630 g/mol. The van der Waals surface area contributed by atoms with E-state index in [0.29, 0.717) is 39.6 Å². The summed E-state index contributed by atoms with van der Waals surface area (Å²) in [5.41, 5.74) is 5.32. The molecule has 10 heteroatoms. The van der Waals surface area contributed by atoms with E-state index in [0.717, 1.165) is 39.7 Å². The maximum atomic E-state index is 13.6. The van der Waals surface area contributed by atoms with Crippen molar-refractivity contribution in [1.82, 2.24) is 14.9 Å².